The first-order valence-corrected chi connectivity index (χ1v) is 8.94. The quantitative estimate of drug-likeness (QED) is 0.379. The summed E-state index contributed by atoms with van der Waals surface area (Å²) >= 11 is 0. The molecule has 5 N–H and O–H groups in total. The third kappa shape index (κ3) is 3.35. The Bertz CT molecular complexity index is 1310. The number of H-pyrrole nitrogens is 1. The van der Waals surface area contributed by atoms with Gasteiger partial charge >= 0.3 is 5.69 Å². The van der Waals surface area contributed by atoms with Crippen molar-refractivity contribution in [2.45, 2.75) is 6.61 Å². The molecule has 0 saturated carbocycles. The SMILES string of the molecule is COc1cccc(-n2c(=O)[nH]c3c(C(N)=O)nc(Nc4ccccc4CO)nc32)c1. The van der Waals surface area contributed by atoms with Crippen LogP contribution in [-0.4, -0.2) is 37.6 Å². The van der Waals surface area contributed by atoms with Crippen LogP contribution in [0, 0.1) is 0 Å². The second-order valence-corrected chi connectivity index (χ2v) is 6.37. The number of aromatic amines is 1. The largest absolute Gasteiger partial charge is 0.497 e. The van der Waals surface area contributed by atoms with E-state index in [2.05, 4.69) is 20.3 Å². The number of ether oxygens (including phenoxy) is 1. The third-order valence-corrected chi connectivity index (χ3v) is 4.52. The molecule has 1 amide bonds. The van der Waals surface area contributed by atoms with Crippen molar-refractivity contribution in [2.24, 2.45) is 5.73 Å². The summed E-state index contributed by atoms with van der Waals surface area (Å²) < 4.78 is 6.53. The van der Waals surface area contributed by atoms with Crippen LogP contribution in [0.1, 0.15) is 16.1 Å². The van der Waals surface area contributed by atoms with E-state index in [0.717, 1.165) is 0 Å². The number of carbonyl (C=O) groups excluding carboxylic acids is 1. The highest BCUT2D eigenvalue weighted by Crippen LogP contribution is 2.23. The second-order valence-electron chi connectivity index (χ2n) is 6.37. The van der Waals surface area contributed by atoms with Crippen molar-refractivity contribution in [3.63, 3.8) is 0 Å². The summed E-state index contributed by atoms with van der Waals surface area (Å²) in [5.41, 5.74) is 6.79. The summed E-state index contributed by atoms with van der Waals surface area (Å²) in [6.07, 6.45) is 0. The highest BCUT2D eigenvalue weighted by atomic mass is 16.5. The zero-order valence-electron chi connectivity index (χ0n) is 15.9. The van der Waals surface area contributed by atoms with Gasteiger partial charge in [0.15, 0.2) is 11.3 Å². The van der Waals surface area contributed by atoms with E-state index in [4.69, 9.17) is 10.5 Å². The number of methoxy groups -OCH3 is 1. The van der Waals surface area contributed by atoms with Gasteiger partial charge < -0.3 is 25.9 Å². The van der Waals surface area contributed by atoms with Gasteiger partial charge in [0, 0.05) is 17.3 Å². The number of aliphatic hydroxyl groups excluding tert-OH is 1. The fraction of sp³-hybridized carbons (Fsp3) is 0.100. The standard InChI is InChI=1S/C20H18N6O4/c1-30-13-7-4-6-12(9-13)26-18-16(24-20(26)29)15(17(21)28)23-19(25-18)22-14-8-3-2-5-11(14)10-27/h2-9,27H,10H2,1H3,(H2,21,28)(H,24,29)(H,22,23,25). The number of aromatic nitrogens is 4. The Balaban J connectivity index is 1.93. The molecule has 0 aliphatic carbocycles. The van der Waals surface area contributed by atoms with Gasteiger partial charge in [-0.25, -0.2) is 14.3 Å². The van der Waals surface area contributed by atoms with E-state index >= 15 is 0 Å². The van der Waals surface area contributed by atoms with Crippen molar-refractivity contribution in [1.29, 1.82) is 0 Å². The molecule has 0 fully saturated rings. The van der Waals surface area contributed by atoms with Gasteiger partial charge in [-0.05, 0) is 18.2 Å². The molecule has 4 rings (SSSR count). The number of benzene rings is 2. The number of nitrogens with zero attached hydrogens (tertiary/aromatic N) is 3. The first kappa shape index (κ1) is 19.2. The topological polar surface area (TPSA) is 148 Å². The summed E-state index contributed by atoms with van der Waals surface area (Å²) in [6, 6.07) is 13.9. The molecule has 0 aliphatic heterocycles. The lowest BCUT2D eigenvalue weighted by atomic mass is 10.2. The number of nitrogens with two attached hydrogens (primary N) is 1. The number of fused-ring (bicyclic) bond motifs is 1. The fourth-order valence-corrected chi connectivity index (χ4v) is 3.11. The number of primary amides is 1. The second kappa shape index (κ2) is 7.68. The van der Waals surface area contributed by atoms with Crippen LogP contribution in [-0.2, 0) is 6.61 Å². The number of nitrogens with one attached hydrogen (secondary N) is 2. The van der Waals surface area contributed by atoms with Gasteiger partial charge in [-0.1, -0.05) is 24.3 Å². The molecule has 4 aromatic rings. The van der Waals surface area contributed by atoms with E-state index in [1.165, 1.54) is 11.7 Å². The van der Waals surface area contributed by atoms with E-state index in [9.17, 15) is 14.7 Å². The Labute approximate surface area is 170 Å². The molecule has 0 radical (unpaired) electrons. The number of amides is 1. The van der Waals surface area contributed by atoms with Crippen molar-refractivity contribution in [2.75, 3.05) is 12.4 Å². The maximum absolute atomic E-state index is 12.7. The molecule has 0 bridgehead atoms. The highest BCUT2D eigenvalue weighted by Gasteiger charge is 2.20. The van der Waals surface area contributed by atoms with Gasteiger partial charge in [0.05, 0.1) is 19.4 Å². The number of carbonyl (C=O) groups is 1. The number of hydrogen-bond donors (Lipinski definition) is 4. The van der Waals surface area contributed by atoms with Crippen molar-refractivity contribution < 1.29 is 14.6 Å². The number of anilines is 2. The molecule has 10 nitrogen and oxygen atoms in total. The average Bonchev–Trinajstić information content (AvgIpc) is 3.09. The zero-order chi connectivity index (χ0) is 21.3. The van der Waals surface area contributed by atoms with Crippen molar-refractivity contribution in [3.8, 4) is 11.4 Å². The van der Waals surface area contributed by atoms with E-state index in [0.29, 0.717) is 22.7 Å². The first-order chi connectivity index (χ1) is 14.5. The molecule has 10 heteroatoms. The van der Waals surface area contributed by atoms with Crippen LogP contribution in [0.15, 0.2) is 53.3 Å². The van der Waals surface area contributed by atoms with Crippen LogP contribution < -0.4 is 21.5 Å². The van der Waals surface area contributed by atoms with Crippen LogP contribution in [0.5, 0.6) is 5.75 Å². The lowest BCUT2D eigenvalue weighted by Crippen LogP contribution is -2.16. The number of aliphatic hydroxyl groups is 1. The smallest absolute Gasteiger partial charge is 0.332 e. The summed E-state index contributed by atoms with van der Waals surface area (Å²) in [5.74, 6) is -0.221. The van der Waals surface area contributed by atoms with Gasteiger partial charge in [0.2, 0.25) is 5.95 Å². The molecular formula is C20H18N6O4. The Kier molecular flexibility index (Phi) is 4.90. The summed E-state index contributed by atoms with van der Waals surface area (Å²) in [7, 11) is 1.52. The van der Waals surface area contributed by atoms with E-state index in [1.54, 1.807) is 48.5 Å². The molecule has 0 saturated heterocycles. The highest BCUT2D eigenvalue weighted by molar-refractivity contribution is 6.02. The van der Waals surface area contributed by atoms with E-state index in [1.807, 2.05) is 0 Å². The van der Waals surface area contributed by atoms with Gasteiger partial charge in [0.1, 0.15) is 11.3 Å². The molecule has 2 aromatic carbocycles. The minimum absolute atomic E-state index is 0.0489. The Morgan fingerprint density at radius 1 is 1.23 bits per heavy atom. The number of rotatable bonds is 6. The van der Waals surface area contributed by atoms with Crippen LogP contribution in [0.2, 0.25) is 0 Å². The normalized spacial score (nSPS) is 10.9. The summed E-state index contributed by atoms with van der Waals surface area (Å²) in [4.78, 5) is 35.9. The fourth-order valence-electron chi connectivity index (χ4n) is 3.11. The molecule has 0 atom stereocenters. The molecule has 0 unspecified atom stereocenters. The lowest BCUT2D eigenvalue weighted by molar-refractivity contribution is 0.0997. The predicted molar refractivity (Wildman–Crippen MR) is 110 cm³/mol. The van der Waals surface area contributed by atoms with Crippen LogP contribution in [0.25, 0.3) is 16.9 Å². The first-order valence-electron chi connectivity index (χ1n) is 8.94. The molecule has 30 heavy (non-hydrogen) atoms. The monoisotopic (exact) mass is 406 g/mol. The van der Waals surface area contributed by atoms with E-state index in [-0.39, 0.29) is 29.4 Å². The van der Waals surface area contributed by atoms with Gasteiger partial charge in [-0.3, -0.25) is 4.79 Å². The summed E-state index contributed by atoms with van der Waals surface area (Å²) in [6.45, 7) is -0.202. The molecule has 2 heterocycles. The van der Waals surface area contributed by atoms with Crippen molar-refractivity contribution >= 4 is 28.7 Å². The lowest BCUT2D eigenvalue weighted by Gasteiger charge is -2.11. The van der Waals surface area contributed by atoms with Crippen LogP contribution in [0.4, 0.5) is 11.6 Å². The Morgan fingerprint density at radius 3 is 2.77 bits per heavy atom. The third-order valence-electron chi connectivity index (χ3n) is 4.52. The van der Waals surface area contributed by atoms with Crippen molar-refractivity contribution in [1.82, 2.24) is 19.5 Å². The minimum Gasteiger partial charge on any atom is -0.497 e. The molecule has 0 spiro atoms. The van der Waals surface area contributed by atoms with E-state index < -0.39 is 11.6 Å². The zero-order valence-corrected chi connectivity index (χ0v) is 15.9. The predicted octanol–water partition coefficient (Wildman–Crippen LogP) is 1.45. The average molecular weight is 406 g/mol. The maximum atomic E-state index is 12.7. The number of para-hydroxylation sites is 1. The molecule has 2 aromatic heterocycles. The van der Waals surface area contributed by atoms with Gasteiger partial charge in [-0.2, -0.15) is 4.98 Å². The molecule has 152 valence electrons. The van der Waals surface area contributed by atoms with Gasteiger partial charge in [0.25, 0.3) is 5.91 Å². The number of hydrogen-bond acceptors (Lipinski definition) is 7. The minimum atomic E-state index is -0.820. The van der Waals surface area contributed by atoms with Crippen LogP contribution in [0.3, 0.4) is 0 Å². The molecular weight excluding hydrogens is 388 g/mol. The Morgan fingerprint density at radius 2 is 2.03 bits per heavy atom. The van der Waals surface area contributed by atoms with Crippen molar-refractivity contribution in [3.05, 3.63) is 70.3 Å². The van der Waals surface area contributed by atoms with Gasteiger partial charge in [-0.15, -0.1) is 0 Å². The number of imidazole rings is 1. The molecule has 0 aliphatic rings. The maximum Gasteiger partial charge on any atom is 0.332 e. The Hall–Kier alpha value is -4.18. The van der Waals surface area contributed by atoms with Crippen LogP contribution >= 0.6 is 0 Å². The summed E-state index contributed by atoms with van der Waals surface area (Å²) in [5, 5.41) is 12.5.